The van der Waals surface area contributed by atoms with Gasteiger partial charge in [0.15, 0.2) is 0 Å². The van der Waals surface area contributed by atoms with E-state index in [2.05, 4.69) is 6.92 Å². The molecule has 0 saturated carbocycles. The molecule has 1 rings (SSSR count). The van der Waals surface area contributed by atoms with E-state index in [4.69, 9.17) is 8.92 Å². The molecule has 0 bridgehead atoms. The standard InChI is InChI=1S/C23H46O5S.H3N/c1-5-7-8-9-10-11-12-13-14-15-16-17-18-19-21-23(27-21,20-6-2)22(3,4)28-29(24,25)26;/h21H,5-20H2,1-4H3,(H,24,25,26);1H3. The molecular formula is C23H49NO5S. The third-order valence-electron chi connectivity index (χ3n) is 6.34. The van der Waals surface area contributed by atoms with E-state index in [9.17, 15) is 13.0 Å². The van der Waals surface area contributed by atoms with Crippen LogP contribution in [0.25, 0.3) is 0 Å². The molecule has 0 amide bonds. The fraction of sp³-hybridized carbons (Fsp3) is 1.00. The highest BCUT2D eigenvalue weighted by Gasteiger charge is 2.65. The number of epoxide rings is 1. The van der Waals surface area contributed by atoms with Gasteiger partial charge < -0.3 is 15.4 Å². The van der Waals surface area contributed by atoms with Crippen molar-refractivity contribution in [3.63, 3.8) is 0 Å². The van der Waals surface area contributed by atoms with Gasteiger partial charge in [-0.1, -0.05) is 104 Å². The van der Waals surface area contributed by atoms with Gasteiger partial charge in [0.1, 0.15) is 11.2 Å². The highest BCUT2D eigenvalue weighted by Crippen LogP contribution is 2.52. The summed E-state index contributed by atoms with van der Waals surface area (Å²) in [6.45, 7) is 7.60. The minimum Gasteiger partial charge on any atom is -0.726 e. The largest absolute Gasteiger partial charge is 0.726 e. The van der Waals surface area contributed by atoms with Crippen LogP contribution in [-0.2, 0) is 19.3 Å². The quantitative estimate of drug-likeness (QED) is 0.0978. The van der Waals surface area contributed by atoms with Gasteiger partial charge in [0.25, 0.3) is 0 Å². The zero-order chi connectivity index (χ0) is 21.8. The molecule has 30 heavy (non-hydrogen) atoms. The van der Waals surface area contributed by atoms with Crippen molar-refractivity contribution in [3.05, 3.63) is 0 Å². The van der Waals surface area contributed by atoms with Gasteiger partial charge in [-0.05, 0) is 26.7 Å². The Morgan fingerprint density at radius 2 is 1.27 bits per heavy atom. The number of unbranched alkanes of at least 4 members (excludes halogenated alkanes) is 12. The third-order valence-corrected chi connectivity index (χ3v) is 6.96. The van der Waals surface area contributed by atoms with Gasteiger partial charge in [-0.15, -0.1) is 0 Å². The van der Waals surface area contributed by atoms with Gasteiger partial charge in [0, 0.05) is 0 Å². The Morgan fingerprint density at radius 1 is 0.833 bits per heavy atom. The van der Waals surface area contributed by atoms with E-state index in [0.717, 1.165) is 19.3 Å². The molecule has 0 aromatic carbocycles. The average Bonchev–Trinajstić information content (AvgIpc) is 3.32. The van der Waals surface area contributed by atoms with Crippen molar-refractivity contribution in [2.24, 2.45) is 0 Å². The van der Waals surface area contributed by atoms with Crippen LogP contribution in [0.5, 0.6) is 0 Å². The monoisotopic (exact) mass is 451 g/mol. The Morgan fingerprint density at radius 3 is 1.67 bits per heavy atom. The van der Waals surface area contributed by atoms with Crippen molar-refractivity contribution >= 4 is 10.4 Å². The minimum absolute atomic E-state index is 0. The maximum absolute atomic E-state index is 11.1. The molecule has 1 fully saturated rings. The van der Waals surface area contributed by atoms with Crippen molar-refractivity contribution in [1.82, 2.24) is 6.15 Å². The second-order valence-corrected chi connectivity index (χ2v) is 10.3. The predicted molar refractivity (Wildman–Crippen MR) is 124 cm³/mol. The van der Waals surface area contributed by atoms with Crippen LogP contribution in [0.4, 0.5) is 0 Å². The normalized spacial score (nSPS) is 21.4. The SMILES string of the molecule is CCCCCCCCCCCCCCCC1OC1(CCC)C(C)(C)OS(=O)(=O)[O-].[NH4+]. The van der Waals surface area contributed by atoms with Crippen LogP contribution in [0.3, 0.4) is 0 Å². The van der Waals surface area contributed by atoms with Gasteiger partial charge in [-0.2, -0.15) is 0 Å². The molecule has 0 aromatic heterocycles. The van der Waals surface area contributed by atoms with Crippen LogP contribution >= 0.6 is 0 Å². The van der Waals surface area contributed by atoms with Gasteiger partial charge >= 0.3 is 0 Å². The van der Waals surface area contributed by atoms with E-state index in [1.807, 2.05) is 6.92 Å². The molecule has 2 atom stereocenters. The van der Waals surface area contributed by atoms with Crippen LogP contribution in [0.15, 0.2) is 0 Å². The molecule has 0 aliphatic carbocycles. The molecule has 4 N–H and O–H groups in total. The molecule has 6 nitrogen and oxygen atoms in total. The molecule has 1 aliphatic heterocycles. The maximum atomic E-state index is 11.1. The van der Waals surface area contributed by atoms with E-state index in [-0.39, 0.29) is 12.3 Å². The Labute approximate surface area is 186 Å². The Balaban J connectivity index is 0.00000841. The lowest BCUT2D eigenvalue weighted by atomic mass is 9.82. The highest BCUT2D eigenvalue weighted by atomic mass is 32.3. The lowest BCUT2D eigenvalue weighted by molar-refractivity contribution is 0.00826. The molecule has 1 saturated heterocycles. The first-order valence-electron chi connectivity index (χ1n) is 12.0. The predicted octanol–water partition coefficient (Wildman–Crippen LogP) is 7.04. The van der Waals surface area contributed by atoms with Crippen molar-refractivity contribution < 1.29 is 21.9 Å². The fourth-order valence-electron chi connectivity index (χ4n) is 4.61. The lowest BCUT2D eigenvalue weighted by Gasteiger charge is -2.33. The summed E-state index contributed by atoms with van der Waals surface area (Å²) in [5.74, 6) is 0. The van der Waals surface area contributed by atoms with Crippen molar-refractivity contribution in [1.29, 1.82) is 0 Å². The van der Waals surface area contributed by atoms with Crippen LogP contribution < -0.4 is 6.15 Å². The Kier molecular flexibility index (Phi) is 14.7. The summed E-state index contributed by atoms with van der Waals surface area (Å²) in [6.07, 6.45) is 19.6. The third kappa shape index (κ3) is 10.9. The molecule has 0 aromatic rings. The molecule has 1 heterocycles. The van der Waals surface area contributed by atoms with Gasteiger partial charge in [-0.25, -0.2) is 8.42 Å². The summed E-state index contributed by atoms with van der Waals surface area (Å²) in [4.78, 5) is 0. The maximum Gasteiger partial charge on any atom is 0.218 e. The molecule has 0 spiro atoms. The van der Waals surface area contributed by atoms with E-state index in [0.29, 0.717) is 6.42 Å². The molecular weight excluding hydrogens is 402 g/mol. The first kappa shape index (κ1) is 29.8. The van der Waals surface area contributed by atoms with Crippen LogP contribution in [0, 0.1) is 0 Å². The summed E-state index contributed by atoms with van der Waals surface area (Å²) < 4.78 is 44.0. The highest BCUT2D eigenvalue weighted by molar-refractivity contribution is 7.80. The minimum atomic E-state index is -4.75. The van der Waals surface area contributed by atoms with E-state index >= 15 is 0 Å². The molecule has 0 radical (unpaired) electrons. The van der Waals surface area contributed by atoms with Crippen molar-refractivity contribution in [2.75, 3.05) is 0 Å². The Bertz CT molecular complexity index is 538. The van der Waals surface area contributed by atoms with E-state index in [1.165, 1.54) is 77.0 Å². The van der Waals surface area contributed by atoms with Crippen LogP contribution in [0.1, 0.15) is 130 Å². The average molecular weight is 452 g/mol. The van der Waals surface area contributed by atoms with E-state index < -0.39 is 21.6 Å². The summed E-state index contributed by atoms with van der Waals surface area (Å²) >= 11 is 0. The molecule has 2 unspecified atom stereocenters. The summed E-state index contributed by atoms with van der Waals surface area (Å²) in [7, 11) is -4.75. The number of hydrogen-bond donors (Lipinski definition) is 1. The second kappa shape index (κ2) is 14.8. The summed E-state index contributed by atoms with van der Waals surface area (Å²) in [6, 6.07) is 0. The number of rotatable bonds is 19. The molecule has 182 valence electrons. The smallest absolute Gasteiger partial charge is 0.218 e. The molecule has 7 heteroatoms. The van der Waals surface area contributed by atoms with Gasteiger partial charge in [0.05, 0.1) is 6.10 Å². The van der Waals surface area contributed by atoms with E-state index in [1.54, 1.807) is 13.8 Å². The van der Waals surface area contributed by atoms with Gasteiger partial charge in [-0.3, -0.25) is 4.18 Å². The summed E-state index contributed by atoms with van der Waals surface area (Å²) in [5, 5.41) is 0. The van der Waals surface area contributed by atoms with Gasteiger partial charge in [0.2, 0.25) is 10.4 Å². The zero-order valence-electron chi connectivity index (χ0n) is 20.3. The first-order valence-corrected chi connectivity index (χ1v) is 13.4. The van der Waals surface area contributed by atoms with Crippen LogP contribution in [-0.4, -0.2) is 30.3 Å². The molecule has 1 aliphatic rings. The van der Waals surface area contributed by atoms with Crippen molar-refractivity contribution in [3.8, 4) is 0 Å². The Hall–Kier alpha value is -0.210. The second-order valence-electron chi connectivity index (χ2n) is 9.28. The number of quaternary nitrogens is 1. The van der Waals surface area contributed by atoms with Crippen LogP contribution in [0.2, 0.25) is 0 Å². The zero-order valence-corrected chi connectivity index (χ0v) is 21.2. The first-order chi connectivity index (χ1) is 13.7. The fourth-order valence-corrected chi connectivity index (χ4v) is 5.26. The number of hydrogen-bond acceptors (Lipinski definition) is 5. The topological polar surface area (TPSA) is 115 Å². The lowest BCUT2D eigenvalue weighted by Crippen LogP contribution is -2.45. The number of ether oxygens (including phenoxy) is 1. The summed E-state index contributed by atoms with van der Waals surface area (Å²) in [5.41, 5.74) is -1.76. The van der Waals surface area contributed by atoms with Crippen molar-refractivity contribution in [2.45, 2.75) is 148 Å².